The molecule has 1 amide bonds. The second-order valence-corrected chi connectivity index (χ2v) is 21.7. The summed E-state index contributed by atoms with van der Waals surface area (Å²) >= 11 is 6.96. The summed E-state index contributed by atoms with van der Waals surface area (Å²) < 4.78 is 1.73. The highest BCUT2D eigenvalue weighted by Crippen LogP contribution is 2.39. The number of rotatable bonds is 17. The molecule has 0 spiro atoms. The first-order valence-electron chi connectivity index (χ1n) is 23.1. The molecule has 0 aliphatic heterocycles. The Morgan fingerprint density at radius 3 is 1.70 bits per heavy atom. The monoisotopic (exact) mass is 1080 g/mol. The van der Waals surface area contributed by atoms with E-state index in [2.05, 4.69) is 15.4 Å². The van der Waals surface area contributed by atoms with E-state index in [1.807, 2.05) is 119 Å². The summed E-state index contributed by atoms with van der Waals surface area (Å²) in [7, 11) is 0. The summed E-state index contributed by atoms with van der Waals surface area (Å²) in [5.41, 5.74) is 7.73. The fourth-order valence-electron chi connectivity index (χ4n) is 7.68. The molecule has 0 atom stereocenters. The fraction of sp³-hybridized carbons (Fsp3) is 0.179. The molecule has 0 saturated carbocycles. The highest BCUT2D eigenvalue weighted by atomic mass is 32.1. The molecule has 0 bridgehead atoms. The maximum atomic E-state index is 12.5. The van der Waals surface area contributed by atoms with Gasteiger partial charge in [-0.3, -0.25) is 19.1 Å². The third-order valence-corrected chi connectivity index (χ3v) is 16.6. The number of carbonyl (C=O) groups excluding carboxylic acids is 3. The Labute approximate surface area is 447 Å². The van der Waals surface area contributed by atoms with Gasteiger partial charge in [-0.1, -0.05) is 77.9 Å². The molecular formula is C56H50N4O9S5. The van der Waals surface area contributed by atoms with Crippen molar-refractivity contribution in [2.24, 2.45) is 0 Å². The zero-order valence-electron chi connectivity index (χ0n) is 40.8. The predicted octanol–water partition coefficient (Wildman–Crippen LogP) is 13.7. The first-order chi connectivity index (χ1) is 35.5. The molecule has 9 aromatic rings. The number of hydrogen-bond donors (Lipinski definition) is 4. The highest BCUT2D eigenvalue weighted by Gasteiger charge is 2.26. The van der Waals surface area contributed by atoms with E-state index in [1.54, 1.807) is 56.6 Å². The topological polar surface area (TPSA) is 206 Å². The van der Waals surface area contributed by atoms with Crippen molar-refractivity contribution < 1.29 is 44.1 Å². The Morgan fingerprint density at radius 2 is 1.19 bits per heavy atom. The van der Waals surface area contributed by atoms with Crippen LogP contribution in [-0.4, -0.2) is 65.5 Å². The number of aromatic nitrogens is 3. The lowest BCUT2D eigenvalue weighted by Crippen LogP contribution is -2.14. The standard InChI is InChI=1S/C19H19N3O3S.C19H16O3S2.C18H15NO3S2/c1-2-22-11-10-14(21-22)18-17(19(24)25)15(12-26-18)20-16(23)9-8-13-6-4-3-5-7-13;1-11-4-3-5-13(8-11)15(20)9-14-10-23-18(17(14)19(21)22)16-7-6-12(2)24-16;1-10-4-3-5-12(6-10)14(20)7-13-9-23-16(15(13)18(21)22)17-19-11(2)8-24-17/h3-7,10-12H,2,8-9H2,1H3,(H,20,23)(H,24,25);3-8,10H,9H2,1-2H3,(H,21,22);3-6,8-9H,7H2,1-2H3,(H,21,22). The minimum absolute atomic E-state index is 0.0621. The molecule has 9 rings (SSSR count). The SMILES string of the molecule is CCn1ccc(-c2scc(NC(=O)CCc3ccccc3)c2C(=O)O)n1.Cc1cccc(C(=O)Cc2csc(-c3ccc(C)s3)c2C(=O)O)c1.Cc1cccc(C(=O)Cc2csc(-c3nc(C)cs3)c2C(=O)O)c1. The van der Waals surface area contributed by atoms with Gasteiger partial charge in [-0.15, -0.1) is 56.7 Å². The number of thiazole rings is 1. The summed E-state index contributed by atoms with van der Waals surface area (Å²) in [5, 5.41) is 43.7. The fourth-order valence-corrected chi connectivity index (χ4v) is 12.7. The lowest BCUT2D eigenvalue weighted by Gasteiger charge is -2.06. The second kappa shape index (κ2) is 25.0. The summed E-state index contributed by atoms with van der Waals surface area (Å²) in [5.74, 6) is -3.44. The van der Waals surface area contributed by atoms with Gasteiger partial charge in [0.15, 0.2) is 11.6 Å². The van der Waals surface area contributed by atoms with E-state index >= 15 is 0 Å². The largest absolute Gasteiger partial charge is 0.478 e. The molecule has 74 heavy (non-hydrogen) atoms. The lowest BCUT2D eigenvalue weighted by atomic mass is 10.00. The zero-order chi connectivity index (χ0) is 53.1. The van der Waals surface area contributed by atoms with Crippen molar-refractivity contribution in [2.75, 3.05) is 5.32 Å². The van der Waals surface area contributed by atoms with Gasteiger partial charge in [0.1, 0.15) is 16.3 Å². The number of amides is 1. The molecule has 378 valence electrons. The maximum Gasteiger partial charge on any atom is 0.339 e. The predicted molar refractivity (Wildman–Crippen MR) is 296 cm³/mol. The number of carboxylic acids is 3. The summed E-state index contributed by atoms with van der Waals surface area (Å²) in [6, 6.07) is 30.1. The van der Waals surface area contributed by atoms with E-state index in [9.17, 15) is 44.1 Å². The molecule has 18 heteroatoms. The number of carboxylic acid groups (broad SMARTS) is 3. The third kappa shape index (κ3) is 13.8. The number of ketones is 2. The zero-order valence-corrected chi connectivity index (χ0v) is 44.9. The summed E-state index contributed by atoms with van der Waals surface area (Å²) in [6.45, 7) is 10.4. The van der Waals surface area contributed by atoms with Crippen molar-refractivity contribution in [1.82, 2.24) is 14.8 Å². The van der Waals surface area contributed by atoms with Crippen LogP contribution in [0.1, 0.15) is 104 Å². The molecule has 6 aromatic heterocycles. The van der Waals surface area contributed by atoms with Gasteiger partial charge >= 0.3 is 17.9 Å². The lowest BCUT2D eigenvalue weighted by molar-refractivity contribution is -0.116. The van der Waals surface area contributed by atoms with E-state index in [-0.39, 0.29) is 47.0 Å². The van der Waals surface area contributed by atoms with E-state index in [0.29, 0.717) is 67.8 Å². The number of thiophene rings is 4. The average Bonchev–Trinajstić information content (AvgIpc) is 4.25. The number of nitrogens with zero attached hydrogens (tertiary/aromatic N) is 3. The van der Waals surface area contributed by atoms with Crippen LogP contribution in [0.25, 0.3) is 30.2 Å². The first kappa shape index (κ1) is 54.3. The van der Waals surface area contributed by atoms with Crippen molar-refractivity contribution in [2.45, 2.75) is 66.8 Å². The van der Waals surface area contributed by atoms with Crippen LogP contribution in [-0.2, 0) is 30.6 Å². The molecule has 0 radical (unpaired) electrons. The van der Waals surface area contributed by atoms with Gasteiger partial charge in [0.2, 0.25) is 5.91 Å². The van der Waals surface area contributed by atoms with Crippen LogP contribution in [0.2, 0.25) is 0 Å². The molecule has 13 nitrogen and oxygen atoms in total. The Balaban J connectivity index is 0.000000162. The van der Waals surface area contributed by atoms with Crippen LogP contribution in [0.15, 0.2) is 125 Å². The molecule has 0 aliphatic rings. The Kier molecular flexibility index (Phi) is 18.3. The van der Waals surface area contributed by atoms with Crippen molar-refractivity contribution in [3.05, 3.63) is 191 Å². The number of aromatic carboxylic acids is 3. The Hall–Kier alpha value is -7.48. The number of nitrogens with one attached hydrogen (secondary N) is 1. The number of Topliss-reactive ketones (excluding diaryl/α,β-unsaturated/α-hetero) is 2. The van der Waals surface area contributed by atoms with Crippen molar-refractivity contribution in [3.63, 3.8) is 0 Å². The van der Waals surface area contributed by atoms with E-state index in [1.165, 1.54) is 45.3 Å². The summed E-state index contributed by atoms with van der Waals surface area (Å²) in [6.07, 6.45) is 2.88. The van der Waals surface area contributed by atoms with Crippen LogP contribution in [0, 0.1) is 27.7 Å². The van der Waals surface area contributed by atoms with Crippen molar-refractivity contribution in [1.29, 1.82) is 0 Å². The molecule has 0 saturated heterocycles. The highest BCUT2D eigenvalue weighted by molar-refractivity contribution is 7.22. The second-order valence-electron chi connectivity index (χ2n) is 16.9. The Morgan fingerprint density at radius 1 is 0.608 bits per heavy atom. The minimum Gasteiger partial charge on any atom is -0.478 e. The normalized spacial score (nSPS) is 10.7. The van der Waals surface area contributed by atoms with Gasteiger partial charge in [0.25, 0.3) is 0 Å². The molecule has 0 aliphatic carbocycles. The average molecular weight is 1080 g/mol. The van der Waals surface area contributed by atoms with E-state index < -0.39 is 17.9 Å². The quantitative estimate of drug-likeness (QED) is 0.0631. The molecule has 0 fully saturated rings. The van der Waals surface area contributed by atoms with Crippen LogP contribution in [0.4, 0.5) is 5.69 Å². The smallest absolute Gasteiger partial charge is 0.339 e. The molecule has 6 heterocycles. The van der Waals surface area contributed by atoms with Gasteiger partial charge in [-0.2, -0.15) is 5.10 Å². The van der Waals surface area contributed by atoms with Gasteiger partial charge in [-0.25, -0.2) is 19.4 Å². The van der Waals surface area contributed by atoms with Crippen molar-refractivity contribution in [3.8, 4) is 30.2 Å². The van der Waals surface area contributed by atoms with Gasteiger partial charge in [0, 0.05) is 69.3 Å². The van der Waals surface area contributed by atoms with Gasteiger partial charge in [0.05, 0.1) is 31.4 Å². The number of anilines is 1. The maximum absolute atomic E-state index is 12.5. The molecule has 4 N–H and O–H groups in total. The van der Waals surface area contributed by atoms with E-state index in [0.717, 1.165) is 37.0 Å². The van der Waals surface area contributed by atoms with E-state index in [4.69, 9.17) is 0 Å². The minimum atomic E-state index is -1.08. The van der Waals surface area contributed by atoms with Crippen LogP contribution >= 0.6 is 56.7 Å². The van der Waals surface area contributed by atoms with Gasteiger partial charge in [-0.05, 0) is 98.8 Å². The number of benzene rings is 3. The first-order valence-corrected chi connectivity index (χ1v) is 27.4. The number of aryl methyl sites for hydroxylation is 6. The molecule has 3 aromatic carbocycles. The third-order valence-electron chi connectivity index (χ3n) is 11.3. The number of hydrogen-bond acceptors (Lipinski definition) is 13. The molecular weight excluding hydrogens is 1030 g/mol. The van der Waals surface area contributed by atoms with Crippen LogP contribution < -0.4 is 5.32 Å². The van der Waals surface area contributed by atoms with Gasteiger partial charge < -0.3 is 20.6 Å². The Bertz CT molecular complexity index is 3330. The van der Waals surface area contributed by atoms with Crippen LogP contribution in [0.3, 0.4) is 0 Å². The molecule has 0 unspecified atom stereocenters. The van der Waals surface area contributed by atoms with Crippen LogP contribution in [0.5, 0.6) is 0 Å². The number of carbonyl (C=O) groups is 6. The van der Waals surface area contributed by atoms with Crippen molar-refractivity contribution >= 4 is 97.8 Å². The summed E-state index contributed by atoms with van der Waals surface area (Å²) in [4.78, 5) is 80.8.